The van der Waals surface area contributed by atoms with Crippen LogP contribution in [-0.2, 0) is 6.54 Å². The van der Waals surface area contributed by atoms with Gasteiger partial charge in [0, 0.05) is 6.20 Å². The van der Waals surface area contributed by atoms with Crippen molar-refractivity contribution in [1.82, 2.24) is 9.97 Å². The second kappa shape index (κ2) is 5.01. The molecule has 0 aliphatic rings. The highest BCUT2D eigenvalue weighted by atomic mass is 35.5. The number of hydrogen-bond donors (Lipinski definition) is 2. The molecule has 4 nitrogen and oxygen atoms in total. The summed E-state index contributed by atoms with van der Waals surface area (Å²) in [6.45, 7) is 2.45. The van der Waals surface area contributed by atoms with Crippen LogP contribution in [0.1, 0.15) is 11.5 Å². The van der Waals surface area contributed by atoms with E-state index < -0.39 is 0 Å². The summed E-state index contributed by atoms with van der Waals surface area (Å²) in [6, 6.07) is 7.36. The molecule has 0 saturated heterocycles. The van der Waals surface area contributed by atoms with Crippen LogP contribution in [0.2, 0.25) is 5.02 Å². The largest absolute Gasteiger partial charge is 0.396 e. The minimum Gasteiger partial charge on any atom is -0.396 e. The first-order valence-electron chi connectivity index (χ1n) is 5.23. The predicted molar refractivity (Wildman–Crippen MR) is 70.0 cm³/mol. The van der Waals surface area contributed by atoms with Gasteiger partial charge < -0.3 is 11.1 Å². The molecule has 2 rings (SSSR count). The monoisotopic (exact) mass is 248 g/mol. The average Bonchev–Trinajstić information content (AvgIpc) is 2.31. The Bertz CT molecular complexity index is 528. The number of aromatic nitrogens is 2. The van der Waals surface area contributed by atoms with Gasteiger partial charge in [-0.1, -0.05) is 17.7 Å². The van der Waals surface area contributed by atoms with E-state index >= 15 is 0 Å². The molecule has 1 aromatic heterocycles. The van der Waals surface area contributed by atoms with E-state index in [-0.39, 0.29) is 0 Å². The maximum atomic E-state index is 5.93. The maximum absolute atomic E-state index is 5.93. The third kappa shape index (κ3) is 2.85. The molecule has 2 aromatic rings. The molecule has 5 heteroatoms. The summed E-state index contributed by atoms with van der Waals surface area (Å²) in [7, 11) is 0. The van der Waals surface area contributed by atoms with Gasteiger partial charge in [0.05, 0.1) is 28.6 Å². The van der Waals surface area contributed by atoms with Crippen molar-refractivity contribution in [3.63, 3.8) is 0 Å². The molecular weight excluding hydrogens is 236 g/mol. The van der Waals surface area contributed by atoms with Crippen molar-refractivity contribution in [3.05, 3.63) is 47.0 Å². The molecule has 3 N–H and O–H groups in total. The number of nitrogens with two attached hydrogens (primary N) is 1. The number of nitrogens with one attached hydrogen (secondary N) is 1. The summed E-state index contributed by atoms with van der Waals surface area (Å²) in [4.78, 5) is 8.33. The van der Waals surface area contributed by atoms with Crippen molar-refractivity contribution in [2.24, 2.45) is 0 Å². The summed E-state index contributed by atoms with van der Waals surface area (Å²) in [5.41, 5.74) is 8.13. The van der Waals surface area contributed by atoms with Gasteiger partial charge in [-0.2, -0.15) is 0 Å². The Labute approximate surface area is 105 Å². The lowest BCUT2D eigenvalue weighted by molar-refractivity contribution is 0.956. The molecule has 1 aromatic carbocycles. The topological polar surface area (TPSA) is 63.8 Å². The number of nitrogens with zero attached hydrogens (tertiary/aromatic N) is 2. The van der Waals surface area contributed by atoms with E-state index in [0.717, 1.165) is 17.2 Å². The van der Waals surface area contributed by atoms with Crippen molar-refractivity contribution >= 4 is 23.0 Å². The fourth-order valence-corrected chi connectivity index (χ4v) is 1.66. The van der Waals surface area contributed by atoms with E-state index in [1.165, 1.54) is 0 Å². The van der Waals surface area contributed by atoms with Crippen LogP contribution in [0, 0.1) is 6.92 Å². The van der Waals surface area contributed by atoms with Gasteiger partial charge in [0.15, 0.2) is 0 Å². The smallest absolute Gasteiger partial charge is 0.125 e. The Morgan fingerprint density at radius 1 is 1.35 bits per heavy atom. The van der Waals surface area contributed by atoms with E-state index in [4.69, 9.17) is 17.3 Å². The minimum absolute atomic E-state index is 0.550. The van der Waals surface area contributed by atoms with Crippen LogP contribution in [0.15, 0.2) is 30.5 Å². The zero-order valence-electron chi connectivity index (χ0n) is 9.44. The molecule has 0 atom stereocenters. The van der Waals surface area contributed by atoms with Gasteiger partial charge >= 0.3 is 0 Å². The van der Waals surface area contributed by atoms with Crippen LogP contribution in [0.4, 0.5) is 11.4 Å². The fraction of sp³-hybridized carbons (Fsp3) is 0.167. The zero-order valence-corrected chi connectivity index (χ0v) is 10.2. The van der Waals surface area contributed by atoms with Gasteiger partial charge in [-0.3, -0.25) is 0 Å². The van der Waals surface area contributed by atoms with E-state index in [0.29, 0.717) is 17.3 Å². The normalized spacial score (nSPS) is 10.2. The predicted octanol–water partition coefficient (Wildman–Crippen LogP) is 2.63. The number of benzene rings is 1. The number of aryl methyl sites for hydroxylation is 1. The van der Waals surface area contributed by atoms with E-state index in [2.05, 4.69) is 15.3 Å². The highest BCUT2D eigenvalue weighted by molar-refractivity contribution is 6.33. The Morgan fingerprint density at radius 2 is 2.18 bits per heavy atom. The molecule has 1 heterocycles. The number of halogens is 1. The maximum Gasteiger partial charge on any atom is 0.125 e. The quantitative estimate of drug-likeness (QED) is 0.820. The van der Waals surface area contributed by atoms with Gasteiger partial charge in [0.25, 0.3) is 0 Å². The molecule has 0 aliphatic carbocycles. The molecule has 0 spiro atoms. The van der Waals surface area contributed by atoms with Crippen molar-refractivity contribution in [1.29, 1.82) is 0 Å². The Morgan fingerprint density at radius 3 is 2.94 bits per heavy atom. The van der Waals surface area contributed by atoms with E-state index in [9.17, 15) is 0 Å². The molecule has 0 unspecified atom stereocenters. The molecule has 0 amide bonds. The summed E-state index contributed by atoms with van der Waals surface area (Å²) in [6.07, 6.45) is 1.74. The molecule has 88 valence electrons. The van der Waals surface area contributed by atoms with Crippen LogP contribution < -0.4 is 11.1 Å². The second-order valence-corrected chi connectivity index (χ2v) is 4.06. The van der Waals surface area contributed by atoms with Crippen LogP contribution in [0.5, 0.6) is 0 Å². The van der Waals surface area contributed by atoms with Crippen LogP contribution in [0.25, 0.3) is 0 Å². The number of rotatable bonds is 3. The molecule has 17 heavy (non-hydrogen) atoms. The van der Waals surface area contributed by atoms with Crippen LogP contribution >= 0.6 is 11.6 Å². The molecule has 0 saturated carbocycles. The number of hydrogen-bond acceptors (Lipinski definition) is 4. The second-order valence-electron chi connectivity index (χ2n) is 3.65. The molecule has 0 bridgehead atoms. The Hall–Kier alpha value is -1.81. The lowest BCUT2D eigenvalue weighted by Crippen LogP contribution is -2.05. The molecule has 0 radical (unpaired) electrons. The average molecular weight is 249 g/mol. The van der Waals surface area contributed by atoms with E-state index in [1.54, 1.807) is 12.3 Å². The van der Waals surface area contributed by atoms with Gasteiger partial charge in [-0.25, -0.2) is 9.97 Å². The van der Waals surface area contributed by atoms with Crippen LogP contribution in [-0.4, -0.2) is 9.97 Å². The number of anilines is 2. The highest BCUT2D eigenvalue weighted by Crippen LogP contribution is 2.26. The molecular formula is C12H13ClN4. The summed E-state index contributed by atoms with van der Waals surface area (Å²) < 4.78 is 0. The van der Waals surface area contributed by atoms with Crippen molar-refractivity contribution in [2.75, 3.05) is 11.1 Å². The summed E-state index contributed by atoms with van der Waals surface area (Å²) in [5.74, 6) is 0.753. The summed E-state index contributed by atoms with van der Waals surface area (Å²) >= 11 is 5.93. The van der Waals surface area contributed by atoms with Crippen molar-refractivity contribution in [2.45, 2.75) is 13.5 Å². The van der Waals surface area contributed by atoms with Crippen LogP contribution in [0.3, 0.4) is 0 Å². The van der Waals surface area contributed by atoms with Gasteiger partial charge in [-0.05, 0) is 25.1 Å². The highest BCUT2D eigenvalue weighted by Gasteiger charge is 2.03. The van der Waals surface area contributed by atoms with Gasteiger partial charge in [0.2, 0.25) is 0 Å². The van der Waals surface area contributed by atoms with Gasteiger partial charge in [0.1, 0.15) is 5.82 Å². The number of para-hydroxylation sites is 1. The minimum atomic E-state index is 0.550. The first-order valence-corrected chi connectivity index (χ1v) is 5.61. The third-order valence-electron chi connectivity index (χ3n) is 2.35. The third-order valence-corrected chi connectivity index (χ3v) is 2.68. The van der Waals surface area contributed by atoms with Crippen molar-refractivity contribution < 1.29 is 0 Å². The molecule has 0 fully saturated rings. The van der Waals surface area contributed by atoms with Crippen molar-refractivity contribution in [3.8, 4) is 0 Å². The summed E-state index contributed by atoms with van der Waals surface area (Å²) in [5, 5.41) is 3.75. The Balaban J connectivity index is 2.10. The lowest BCUT2D eigenvalue weighted by atomic mass is 10.2. The SMILES string of the molecule is Cc1nccc(CNc2cccc(Cl)c2N)n1. The van der Waals surface area contributed by atoms with E-state index in [1.807, 2.05) is 25.1 Å². The first kappa shape index (κ1) is 11.7. The lowest BCUT2D eigenvalue weighted by Gasteiger charge is -2.09. The number of nitrogen functional groups attached to an aromatic ring is 1. The Kier molecular flexibility index (Phi) is 3.44. The first-order chi connectivity index (χ1) is 8.16. The zero-order chi connectivity index (χ0) is 12.3. The fourth-order valence-electron chi connectivity index (χ4n) is 1.48. The van der Waals surface area contributed by atoms with Gasteiger partial charge in [-0.15, -0.1) is 0 Å². The molecule has 0 aliphatic heterocycles. The standard InChI is InChI=1S/C12H13ClN4/c1-8-15-6-5-9(17-8)7-16-11-4-2-3-10(13)12(11)14/h2-6,16H,7,14H2,1H3.